The van der Waals surface area contributed by atoms with Gasteiger partial charge in [-0.15, -0.1) is 6.07 Å². The van der Waals surface area contributed by atoms with Crippen molar-refractivity contribution in [3.05, 3.63) is 59.4 Å². The van der Waals surface area contributed by atoms with Crippen LogP contribution in [0, 0.1) is 6.08 Å². The summed E-state index contributed by atoms with van der Waals surface area (Å²) in [6.07, 6.45) is 8.48. The summed E-state index contributed by atoms with van der Waals surface area (Å²) in [4.78, 5) is 4.51. The van der Waals surface area contributed by atoms with Gasteiger partial charge in [-0.1, -0.05) is 43.3 Å². The first-order valence-electron chi connectivity index (χ1n) is 6.42. The van der Waals surface area contributed by atoms with Crippen LogP contribution in [-0.2, 0) is 17.4 Å². The summed E-state index contributed by atoms with van der Waals surface area (Å²) >= 11 is 6.49. The SMILES string of the molecule is C[Si](C)(Cl)C1=CCC(c2cccc3cccnc23)=[C-]1.[Cl-].[Cl-].[Cr+3]. The molecule has 1 heterocycles. The monoisotopic (exact) mass is 406 g/mol. The molecule has 1 aliphatic rings. The Morgan fingerprint density at radius 1 is 1.14 bits per heavy atom. The fourth-order valence-corrected chi connectivity index (χ4v) is 3.79. The van der Waals surface area contributed by atoms with Gasteiger partial charge in [-0.25, -0.2) is 0 Å². The third kappa shape index (κ3) is 4.38. The van der Waals surface area contributed by atoms with E-state index in [1.165, 1.54) is 21.7 Å². The fraction of sp³-hybridized carbons (Fsp3) is 0.188. The van der Waals surface area contributed by atoms with Gasteiger partial charge in [-0.3, -0.25) is 4.98 Å². The minimum Gasteiger partial charge on any atom is -1.00 e. The van der Waals surface area contributed by atoms with E-state index in [9.17, 15) is 0 Å². The molecule has 1 radical (unpaired) electrons. The number of para-hydroxylation sites is 1. The number of benzene rings is 1. The summed E-state index contributed by atoms with van der Waals surface area (Å²) in [5.41, 5.74) is 3.44. The van der Waals surface area contributed by atoms with Crippen LogP contribution in [0.5, 0.6) is 0 Å². The summed E-state index contributed by atoms with van der Waals surface area (Å²) in [7, 11) is -1.79. The largest absolute Gasteiger partial charge is 3.00 e. The van der Waals surface area contributed by atoms with E-state index in [-0.39, 0.29) is 42.2 Å². The average molecular weight is 408 g/mol. The van der Waals surface area contributed by atoms with Crippen molar-refractivity contribution in [2.45, 2.75) is 19.5 Å². The van der Waals surface area contributed by atoms with Crippen LogP contribution in [0.15, 0.2) is 47.8 Å². The summed E-state index contributed by atoms with van der Waals surface area (Å²) < 4.78 is 0. The minimum absolute atomic E-state index is 0. The zero-order valence-electron chi connectivity index (χ0n) is 12.2. The molecule has 0 fully saturated rings. The zero-order valence-corrected chi connectivity index (χ0v) is 16.8. The number of hydrogen-bond acceptors (Lipinski definition) is 1. The first kappa shape index (κ1) is 21.7. The van der Waals surface area contributed by atoms with E-state index in [0.29, 0.717) is 0 Å². The number of halogens is 3. The van der Waals surface area contributed by atoms with E-state index in [4.69, 9.17) is 11.1 Å². The standard InChI is InChI=1S/C16H15ClNSi.2ClH.Cr/c1-19(2,17)14-9-8-13(11-14)15-7-3-5-12-6-4-10-18-16(12)15;;;/h3-7,9-10H,8H2,1-2H3;2*1H;/q-1;;;+3/p-2. The van der Waals surface area contributed by atoms with Crippen LogP contribution in [0.25, 0.3) is 16.5 Å². The maximum Gasteiger partial charge on any atom is 3.00 e. The number of hydrogen-bond donors (Lipinski definition) is 0. The van der Waals surface area contributed by atoms with E-state index in [0.717, 1.165) is 11.9 Å². The number of nitrogens with zero attached hydrogens (tertiary/aromatic N) is 1. The molecule has 22 heavy (non-hydrogen) atoms. The zero-order chi connectivity index (χ0) is 13.5. The summed E-state index contributed by atoms with van der Waals surface area (Å²) in [6.45, 7) is 4.27. The Morgan fingerprint density at radius 3 is 2.45 bits per heavy atom. The average Bonchev–Trinajstić information content (AvgIpc) is 2.87. The van der Waals surface area contributed by atoms with Crippen LogP contribution in [0.2, 0.25) is 13.1 Å². The first-order chi connectivity index (χ1) is 9.05. The van der Waals surface area contributed by atoms with E-state index >= 15 is 0 Å². The predicted octanol–water partition coefficient (Wildman–Crippen LogP) is -1.26. The van der Waals surface area contributed by atoms with E-state index in [2.05, 4.69) is 54.5 Å². The van der Waals surface area contributed by atoms with Crippen LogP contribution in [-0.4, -0.2) is 12.4 Å². The molecule has 0 bridgehead atoms. The number of aromatic nitrogens is 1. The van der Waals surface area contributed by atoms with E-state index < -0.39 is 7.38 Å². The van der Waals surface area contributed by atoms with Crippen molar-refractivity contribution in [1.82, 2.24) is 4.98 Å². The van der Waals surface area contributed by atoms with Crippen LogP contribution in [0.1, 0.15) is 12.0 Å². The molecule has 1 nitrogen and oxygen atoms in total. The molecular weight excluding hydrogens is 393 g/mol. The van der Waals surface area contributed by atoms with Crippen LogP contribution >= 0.6 is 11.1 Å². The van der Waals surface area contributed by atoms with Crippen molar-refractivity contribution in [2.75, 3.05) is 0 Å². The quantitative estimate of drug-likeness (QED) is 0.344. The van der Waals surface area contributed by atoms with Crippen molar-refractivity contribution < 1.29 is 42.2 Å². The van der Waals surface area contributed by atoms with Gasteiger partial charge in [-0.2, -0.15) is 34.0 Å². The number of rotatable bonds is 2. The maximum atomic E-state index is 6.49. The molecule has 115 valence electrons. The topological polar surface area (TPSA) is 12.9 Å². The summed E-state index contributed by atoms with van der Waals surface area (Å²) in [6, 6.07) is 10.4. The second kappa shape index (κ2) is 8.54. The molecule has 0 N–H and O–H groups in total. The Hall–Kier alpha value is -0.271. The molecule has 3 rings (SSSR count). The molecule has 0 spiro atoms. The second-order valence-corrected chi connectivity index (χ2v) is 11.6. The number of allylic oxidation sites excluding steroid dienone is 4. The van der Waals surface area contributed by atoms with Crippen LogP contribution < -0.4 is 24.8 Å². The Labute approximate surface area is 160 Å². The Bertz CT molecular complexity index is 703. The van der Waals surface area contributed by atoms with Gasteiger partial charge in [0.2, 0.25) is 0 Å². The van der Waals surface area contributed by atoms with Gasteiger partial charge in [0.1, 0.15) is 0 Å². The molecule has 0 aliphatic heterocycles. The normalized spacial score (nSPS) is 13.4. The van der Waals surface area contributed by atoms with Crippen molar-refractivity contribution in [3.8, 4) is 0 Å². The number of fused-ring (bicyclic) bond motifs is 1. The predicted molar refractivity (Wildman–Crippen MR) is 84.4 cm³/mol. The van der Waals surface area contributed by atoms with Gasteiger partial charge in [0.15, 0.2) is 7.38 Å². The smallest absolute Gasteiger partial charge is 1.00 e. The Balaban J connectivity index is 0.00000147. The molecule has 1 aromatic heterocycles. The van der Waals surface area contributed by atoms with Gasteiger partial charge in [0.25, 0.3) is 0 Å². The second-order valence-electron chi connectivity index (χ2n) is 5.28. The first-order valence-corrected chi connectivity index (χ1v) is 10.4. The van der Waals surface area contributed by atoms with Crippen molar-refractivity contribution in [1.29, 1.82) is 0 Å². The summed E-state index contributed by atoms with van der Waals surface area (Å²) in [5.74, 6) is 0. The molecule has 0 saturated carbocycles. The van der Waals surface area contributed by atoms with Gasteiger partial charge in [-0.05, 0) is 11.5 Å². The van der Waals surface area contributed by atoms with E-state index in [1.807, 2.05) is 12.3 Å². The number of pyridine rings is 1. The van der Waals surface area contributed by atoms with Crippen molar-refractivity contribution in [3.63, 3.8) is 0 Å². The molecular formula is C16H15Cl3CrNSi. The van der Waals surface area contributed by atoms with Crippen LogP contribution in [0.4, 0.5) is 0 Å². The third-order valence-electron chi connectivity index (χ3n) is 3.39. The molecule has 2 aromatic rings. The van der Waals surface area contributed by atoms with Crippen molar-refractivity contribution >= 4 is 34.9 Å². The van der Waals surface area contributed by atoms with E-state index in [1.54, 1.807) is 0 Å². The molecule has 0 atom stereocenters. The molecule has 0 unspecified atom stereocenters. The molecule has 1 aliphatic carbocycles. The molecule has 6 heteroatoms. The van der Waals surface area contributed by atoms with Gasteiger partial charge in [0.05, 0.1) is 0 Å². The molecule has 0 saturated heterocycles. The van der Waals surface area contributed by atoms with Crippen LogP contribution in [0.3, 0.4) is 0 Å². The Morgan fingerprint density at radius 2 is 1.82 bits per heavy atom. The Kier molecular flexibility index (Phi) is 8.44. The van der Waals surface area contributed by atoms with Crippen molar-refractivity contribution in [2.24, 2.45) is 0 Å². The van der Waals surface area contributed by atoms with Gasteiger partial charge < -0.3 is 24.8 Å². The van der Waals surface area contributed by atoms with Gasteiger partial charge in [0, 0.05) is 11.7 Å². The minimum atomic E-state index is -1.79. The fourth-order valence-electron chi connectivity index (χ4n) is 2.39. The van der Waals surface area contributed by atoms with Gasteiger partial charge >= 0.3 is 17.4 Å². The summed E-state index contributed by atoms with van der Waals surface area (Å²) in [5, 5.41) is 2.38. The maximum absolute atomic E-state index is 6.49. The third-order valence-corrected chi connectivity index (χ3v) is 5.62. The molecule has 1 aromatic carbocycles. The molecule has 0 amide bonds.